The summed E-state index contributed by atoms with van der Waals surface area (Å²) in [5.41, 5.74) is 4.22. The Balaban J connectivity index is 1.40. The van der Waals surface area contributed by atoms with Crippen LogP contribution in [-0.2, 0) is 11.3 Å². The fourth-order valence-corrected chi connectivity index (χ4v) is 5.54. The Kier molecular flexibility index (Phi) is 9.01. The number of nitrogens with zero attached hydrogens (tertiary/aromatic N) is 2. The molecule has 1 saturated heterocycles. The third kappa shape index (κ3) is 7.21. The molecule has 39 heavy (non-hydrogen) atoms. The fraction of sp³-hybridized carbons (Fsp3) is 0.414. The van der Waals surface area contributed by atoms with E-state index in [0.29, 0.717) is 12.3 Å². The molecule has 0 spiro atoms. The van der Waals surface area contributed by atoms with Crippen molar-refractivity contribution in [2.75, 3.05) is 6.54 Å². The van der Waals surface area contributed by atoms with Crippen LogP contribution in [0, 0.1) is 12.3 Å². The van der Waals surface area contributed by atoms with E-state index < -0.39 is 35.9 Å². The van der Waals surface area contributed by atoms with Gasteiger partial charge < -0.3 is 25.6 Å². The highest BCUT2D eigenvalue weighted by atomic mass is 32.1. The van der Waals surface area contributed by atoms with Crippen molar-refractivity contribution in [1.82, 2.24) is 20.5 Å². The second-order valence-electron chi connectivity index (χ2n) is 10.9. The van der Waals surface area contributed by atoms with Crippen molar-refractivity contribution < 1.29 is 24.5 Å². The number of hydrogen-bond acceptors (Lipinski definition) is 8. The largest absolute Gasteiger partial charge is 0.412 e. The van der Waals surface area contributed by atoms with Crippen LogP contribution in [0.2, 0.25) is 0 Å². The SMILES string of the molecule is Cc1ncsc1-c1ccc(CNC(=O)[C@@H]2C[C@@H](O)CN2C(O)[C@@H](NC(=O)Oc2ccccc2)C(C)(C)C)cc1. The van der Waals surface area contributed by atoms with Crippen LogP contribution >= 0.6 is 11.3 Å². The summed E-state index contributed by atoms with van der Waals surface area (Å²) < 4.78 is 5.36. The number of carbonyl (C=O) groups is 2. The zero-order valence-electron chi connectivity index (χ0n) is 22.6. The zero-order chi connectivity index (χ0) is 28.2. The van der Waals surface area contributed by atoms with E-state index in [-0.39, 0.29) is 18.9 Å². The van der Waals surface area contributed by atoms with Crippen LogP contribution in [0.3, 0.4) is 0 Å². The number of benzene rings is 2. The van der Waals surface area contributed by atoms with Crippen molar-refractivity contribution in [1.29, 1.82) is 0 Å². The van der Waals surface area contributed by atoms with Gasteiger partial charge in [0.1, 0.15) is 12.0 Å². The lowest BCUT2D eigenvalue weighted by atomic mass is 9.85. The van der Waals surface area contributed by atoms with E-state index in [0.717, 1.165) is 21.7 Å². The molecule has 208 valence electrons. The fourth-order valence-electron chi connectivity index (χ4n) is 4.73. The number of likely N-dealkylation sites (tertiary alicyclic amines) is 1. The van der Waals surface area contributed by atoms with Crippen molar-refractivity contribution in [3.63, 3.8) is 0 Å². The zero-order valence-corrected chi connectivity index (χ0v) is 23.4. The van der Waals surface area contributed by atoms with Crippen LogP contribution in [0.1, 0.15) is 38.4 Å². The van der Waals surface area contributed by atoms with Crippen molar-refractivity contribution in [2.45, 2.75) is 65.1 Å². The molecule has 2 heterocycles. The monoisotopic (exact) mass is 552 g/mol. The maximum Gasteiger partial charge on any atom is 0.412 e. The highest BCUT2D eigenvalue weighted by molar-refractivity contribution is 7.13. The number of para-hydroxylation sites is 1. The van der Waals surface area contributed by atoms with Gasteiger partial charge in [0.2, 0.25) is 5.91 Å². The van der Waals surface area contributed by atoms with Gasteiger partial charge in [-0.3, -0.25) is 9.69 Å². The number of amides is 2. The summed E-state index contributed by atoms with van der Waals surface area (Å²) >= 11 is 1.59. The van der Waals surface area contributed by atoms with E-state index in [1.165, 1.54) is 0 Å². The van der Waals surface area contributed by atoms with Gasteiger partial charge in [-0.2, -0.15) is 0 Å². The van der Waals surface area contributed by atoms with Crippen molar-refractivity contribution >= 4 is 23.3 Å². The van der Waals surface area contributed by atoms with Crippen LogP contribution in [-0.4, -0.2) is 63.1 Å². The normalized spacial score (nSPS) is 19.3. The Hall–Kier alpha value is -3.31. The van der Waals surface area contributed by atoms with Crippen molar-refractivity contribution in [3.05, 3.63) is 71.4 Å². The molecule has 1 fully saturated rings. The van der Waals surface area contributed by atoms with Crippen molar-refractivity contribution in [3.8, 4) is 16.2 Å². The van der Waals surface area contributed by atoms with Crippen molar-refractivity contribution in [2.24, 2.45) is 5.41 Å². The standard InChI is InChI=1S/C29H36N4O5S/c1-18-24(39-17-31-18)20-12-10-19(11-13-20)15-30-26(35)23-14-21(34)16-33(23)27(36)25(29(2,3)4)32-28(37)38-22-8-6-5-7-9-22/h5-13,17,21,23,25,27,34,36H,14-16H2,1-4H3,(H,30,35)(H,32,37)/t21-,23+,25-,27?/m1/s1. The van der Waals surface area contributed by atoms with Crippen LogP contribution in [0.4, 0.5) is 4.79 Å². The summed E-state index contributed by atoms with van der Waals surface area (Å²) in [7, 11) is 0. The quantitative estimate of drug-likeness (QED) is 0.336. The minimum Gasteiger partial charge on any atom is -0.410 e. The van der Waals surface area contributed by atoms with Crippen LogP contribution in [0.15, 0.2) is 60.1 Å². The van der Waals surface area contributed by atoms with Gasteiger partial charge in [-0.15, -0.1) is 11.3 Å². The first-order valence-corrected chi connectivity index (χ1v) is 13.8. The smallest absolute Gasteiger partial charge is 0.410 e. The topological polar surface area (TPSA) is 124 Å². The van der Waals surface area contributed by atoms with Gasteiger partial charge in [-0.1, -0.05) is 63.2 Å². The first-order chi connectivity index (χ1) is 18.5. The van der Waals surface area contributed by atoms with Gasteiger partial charge >= 0.3 is 6.09 Å². The molecule has 3 aromatic rings. The molecule has 4 rings (SSSR count). The second-order valence-corrected chi connectivity index (χ2v) is 11.7. The van der Waals surface area contributed by atoms with E-state index in [1.807, 2.05) is 63.5 Å². The first kappa shape index (κ1) is 28.7. The number of aliphatic hydroxyl groups is 2. The average molecular weight is 553 g/mol. The lowest BCUT2D eigenvalue weighted by Gasteiger charge is -2.40. The number of nitrogens with one attached hydrogen (secondary N) is 2. The number of hydrogen-bond donors (Lipinski definition) is 4. The number of rotatable bonds is 8. The third-order valence-corrected chi connectivity index (χ3v) is 7.82. The number of aryl methyl sites for hydroxylation is 1. The Morgan fingerprint density at radius 3 is 2.46 bits per heavy atom. The summed E-state index contributed by atoms with van der Waals surface area (Å²) in [5, 5.41) is 27.5. The van der Waals surface area contributed by atoms with Crippen LogP contribution in [0.5, 0.6) is 5.75 Å². The molecule has 4 atom stereocenters. The van der Waals surface area contributed by atoms with E-state index >= 15 is 0 Å². The molecule has 0 aliphatic carbocycles. The van der Waals surface area contributed by atoms with Crippen LogP contribution in [0.25, 0.3) is 10.4 Å². The molecule has 1 aromatic heterocycles. The molecule has 0 radical (unpaired) electrons. The first-order valence-electron chi connectivity index (χ1n) is 13.0. The Labute approximate surface area is 232 Å². The molecule has 10 heteroatoms. The van der Waals surface area contributed by atoms with E-state index in [4.69, 9.17) is 4.74 Å². The van der Waals surface area contributed by atoms with Gasteiger partial charge in [0.05, 0.1) is 34.3 Å². The van der Waals surface area contributed by atoms with Gasteiger partial charge in [-0.25, -0.2) is 9.78 Å². The van der Waals surface area contributed by atoms with Gasteiger partial charge in [0, 0.05) is 13.1 Å². The van der Waals surface area contributed by atoms with Crippen LogP contribution < -0.4 is 15.4 Å². The number of aliphatic hydroxyl groups excluding tert-OH is 2. The highest BCUT2D eigenvalue weighted by Crippen LogP contribution is 2.30. The average Bonchev–Trinajstić information content (AvgIpc) is 3.51. The Morgan fingerprint density at radius 1 is 1.15 bits per heavy atom. The summed E-state index contributed by atoms with van der Waals surface area (Å²) in [6, 6.07) is 15.0. The lowest BCUT2D eigenvalue weighted by Crippen LogP contribution is -2.60. The third-order valence-electron chi connectivity index (χ3n) is 6.85. The summed E-state index contributed by atoms with van der Waals surface area (Å²) in [5.74, 6) is 0.0775. The number of ether oxygens (including phenoxy) is 1. The van der Waals surface area contributed by atoms with E-state index in [1.54, 1.807) is 40.5 Å². The molecule has 9 nitrogen and oxygen atoms in total. The molecule has 1 aliphatic rings. The van der Waals surface area contributed by atoms with E-state index in [2.05, 4.69) is 15.6 Å². The molecule has 0 saturated carbocycles. The second kappa shape index (κ2) is 12.3. The molecule has 2 amide bonds. The summed E-state index contributed by atoms with van der Waals surface area (Å²) in [6.07, 6.45) is -2.55. The molecule has 1 aliphatic heterocycles. The molecule has 0 bridgehead atoms. The van der Waals surface area contributed by atoms with E-state index in [9.17, 15) is 19.8 Å². The number of carbonyl (C=O) groups excluding carboxylic acids is 2. The lowest BCUT2D eigenvalue weighted by molar-refractivity contribution is -0.132. The molecular weight excluding hydrogens is 516 g/mol. The number of aromatic nitrogens is 1. The van der Waals surface area contributed by atoms with Gasteiger partial charge in [0.25, 0.3) is 0 Å². The molecule has 4 N–H and O–H groups in total. The highest BCUT2D eigenvalue weighted by Gasteiger charge is 2.45. The van der Waals surface area contributed by atoms with Gasteiger partial charge in [-0.05, 0) is 42.0 Å². The minimum absolute atomic E-state index is 0.101. The molecule has 2 aromatic carbocycles. The maximum atomic E-state index is 13.2. The Morgan fingerprint density at radius 2 is 1.85 bits per heavy atom. The predicted octanol–water partition coefficient (Wildman–Crippen LogP) is 3.69. The predicted molar refractivity (Wildman–Crippen MR) is 150 cm³/mol. The molecule has 1 unspecified atom stereocenters. The summed E-state index contributed by atoms with van der Waals surface area (Å²) in [4.78, 5) is 32.8. The number of β-amino-alcohol motifs (C(OH)–C–C–N with tert-alkyl or cyclic N) is 1. The maximum absolute atomic E-state index is 13.2. The van der Waals surface area contributed by atoms with Gasteiger partial charge in [0.15, 0.2) is 0 Å². The summed E-state index contributed by atoms with van der Waals surface area (Å²) in [6.45, 7) is 8.02. The number of thiazole rings is 1. The molecular formula is C29H36N4O5S. The minimum atomic E-state index is -1.23. The Bertz CT molecular complexity index is 1260.